The van der Waals surface area contributed by atoms with Gasteiger partial charge in [0.1, 0.15) is 12.4 Å². The van der Waals surface area contributed by atoms with Gasteiger partial charge in [-0.3, -0.25) is 4.79 Å². The van der Waals surface area contributed by atoms with E-state index in [0.29, 0.717) is 17.1 Å². The van der Waals surface area contributed by atoms with Gasteiger partial charge in [-0.25, -0.2) is 4.39 Å². The van der Waals surface area contributed by atoms with Crippen molar-refractivity contribution >= 4 is 17.5 Å². The Bertz CT molecular complexity index is 673. The fourth-order valence-electron chi connectivity index (χ4n) is 2.77. The Morgan fingerprint density at radius 1 is 1.20 bits per heavy atom. The molecule has 0 bridgehead atoms. The van der Waals surface area contributed by atoms with Gasteiger partial charge < -0.3 is 10.2 Å². The standard InChI is InChI=1S/C20H24ClFN2O/c1-15(11-12-16-7-4-3-5-8-16)23-20(25)14-24(2)13-17-18(21)9-6-10-19(17)22/h3-10,15H,11-14H2,1-2H3,(H,23,25)/p+1/t15-/m1/s1. The molecular formula is C20H25ClFN2O+. The summed E-state index contributed by atoms with van der Waals surface area (Å²) in [5.74, 6) is -0.367. The van der Waals surface area contributed by atoms with E-state index in [4.69, 9.17) is 11.6 Å². The molecule has 25 heavy (non-hydrogen) atoms. The minimum absolute atomic E-state index is 0.0366. The lowest BCUT2D eigenvalue weighted by atomic mass is 10.1. The molecule has 0 aromatic heterocycles. The number of likely N-dealkylation sites (N-methyl/N-ethyl adjacent to an activating group) is 1. The van der Waals surface area contributed by atoms with Crippen LogP contribution in [0.4, 0.5) is 4.39 Å². The van der Waals surface area contributed by atoms with E-state index in [1.807, 2.05) is 32.2 Å². The molecule has 0 aliphatic heterocycles. The van der Waals surface area contributed by atoms with Crippen LogP contribution >= 0.6 is 11.6 Å². The van der Waals surface area contributed by atoms with E-state index < -0.39 is 0 Å². The van der Waals surface area contributed by atoms with E-state index in [2.05, 4.69) is 17.4 Å². The number of nitrogens with one attached hydrogen (secondary N) is 2. The molecule has 0 fully saturated rings. The molecule has 0 aliphatic rings. The van der Waals surface area contributed by atoms with Crippen LogP contribution in [0.25, 0.3) is 0 Å². The predicted molar refractivity (Wildman–Crippen MR) is 99.2 cm³/mol. The van der Waals surface area contributed by atoms with Crippen LogP contribution in [-0.4, -0.2) is 25.5 Å². The van der Waals surface area contributed by atoms with Crippen molar-refractivity contribution < 1.29 is 14.1 Å². The lowest BCUT2D eigenvalue weighted by molar-refractivity contribution is -0.885. The van der Waals surface area contributed by atoms with Gasteiger partial charge in [0.15, 0.2) is 6.54 Å². The van der Waals surface area contributed by atoms with Gasteiger partial charge in [-0.15, -0.1) is 0 Å². The first-order chi connectivity index (χ1) is 12.0. The fourth-order valence-corrected chi connectivity index (χ4v) is 3.00. The molecule has 2 rings (SSSR count). The first kappa shape index (κ1) is 19.4. The fraction of sp³-hybridized carbons (Fsp3) is 0.350. The third-order valence-electron chi connectivity index (χ3n) is 4.12. The number of benzene rings is 2. The molecule has 0 radical (unpaired) electrons. The van der Waals surface area contributed by atoms with E-state index in [1.165, 1.54) is 11.6 Å². The van der Waals surface area contributed by atoms with Crippen molar-refractivity contribution in [2.45, 2.75) is 32.4 Å². The second kappa shape index (κ2) is 9.54. The maximum absolute atomic E-state index is 13.8. The largest absolute Gasteiger partial charge is 0.349 e. The zero-order valence-electron chi connectivity index (χ0n) is 14.7. The molecule has 2 N–H and O–H groups in total. The Labute approximate surface area is 153 Å². The monoisotopic (exact) mass is 363 g/mol. The second-order valence-corrected chi connectivity index (χ2v) is 6.91. The molecule has 3 nitrogen and oxygen atoms in total. The van der Waals surface area contributed by atoms with Crippen LogP contribution in [0, 0.1) is 5.82 Å². The SMILES string of the molecule is C[C@H](CCc1ccccc1)NC(=O)C[NH+](C)Cc1c(F)cccc1Cl. The van der Waals surface area contributed by atoms with Crippen LogP contribution in [0.2, 0.25) is 5.02 Å². The van der Waals surface area contributed by atoms with E-state index >= 15 is 0 Å². The third kappa shape index (κ3) is 6.48. The number of quaternary nitrogens is 1. The summed E-state index contributed by atoms with van der Waals surface area (Å²) >= 11 is 6.04. The molecule has 5 heteroatoms. The van der Waals surface area contributed by atoms with Crippen LogP contribution in [0.5, 0.6) is 0 Å². The number of hydrogen-bond donors (Lipinski definition) is 2. The van der Waals surface area contributed by atoms with Gasteiger partial charge in [-0.1, -0.05) is 48.0 Å². The Morgan fingerprint density at radius 2 is 1.92 bits per heavy atom. The van der Waals surface area contributed by atoms with Gasteiger partial charge in [0.25, 0.3) is 5.91 Å². The van der Waals surface area contributed by atoms with E-state index in [1.54, 1.807) is 12.1 Å². The van der Waals surface area contributed by atoms with E-state index in [9.17, 15) is 9.18 Å². The van der Waals surface area contributed by atoms with Gasteiger partial charge in [0, 0.05) is 6.04 Å². The Kier molecular flexibility index (Phi) is 7.41. The highest BCUT2D eigenvalue weighted by Crippen LogP contribution is 2.17. The highest BCUT2D eigenvalue weighted by atomic mass is 35.5. The zero-order valence-corrected chi connectivity index (χ0v) is 15.4. The summed E-state index contributed by atoms with van der Waals surface area (Å²) in [5, 5.41) is 3.41. The van der Waals surface area contributed by atoms with Gasteiger partial charge in [-0.05, 0) is 37.5 Å². The molecule has 0 saturated carbocycles. The average Bonchev–Trinajstić information content (AvgIpc) is 2.57. The van der Waals surface area contributed by atoms with Gasteiger partial charge in [0.2, 0.25) is 0 Å². The number of halogens is 2. The minimum Gasteiger partial charge on any atom is -0.349 e. The first-order valence-corrected chi connectivity index (χ1v) is 8.91. The Hall–Kier alpha value is -1.91. The van der Waals surface area contributed by atoms with Gasteiger partial charge in [-0.2, -0.15) is 0 Å². The van der Waals surface area contributed by atoms with Crippen LogP contribution in [-0.2, 0) is 17.8 Å². The molecule has 0 heterocycles. The van der Waals surface area contributed by atoms with Crippen molar-refractivity contribution in [2.24, 2.45) is 0 Å². The highest BCUT2D eigenvalue weighted by molar-refractivity contribution is 6.31. The molecule has 1 amide bonds. The first-order valence-electron chi connectivity index (χ1n) is 8.53. The predicted octanol–water partition coefficient (Wildman–Crippen LogP) is 2.63. The summed E-state index contributed by atoms with van der Waals surface area (Å²) in [7, 11) is 1.86. The maximum atomic E-state index is 13.8. The molecule has 0 aliphatic carbocycles. The smallest absolute Gasteiger partial charge is 0.275 e. The molecule has 2 atom stereocenters. The van der Waals surface area contributed by atoms with Crippen LogP contribution in [0.15, 0.2) is 48.5 Å². The maximum Gasteiger partial charge on any atom is 0.275 e. The Balaban J connectivity index is 1.77. The molecule has 2 aromatic rings. The third-order valence-corrected chi connectivity index (χ3v) is 4.47. The summed E-state index contributed by atoms with van der Waals surface area (Å²) in [6.07, 6.45) is 1.81. The summed E-state index contributed by atoms with van der Waals surface area (Å²) in [5.41, 5.74) is 1.71. The van der Waals surface area contributed by atoms with Crippen LogP contribution < -0.4 is 10.2 Å². The van der Waals surface area contributed by atoms with Crippen molar-refractivity contribution in [3.05, 3.63) is 70.5 Å². The lowest BCUT2D eigenvalue weighted by Gasteiger charge is -2.18. The lowest BCUT2D eigenvalue weighted by Crippen LogP contribution is -3.09. The van der Waals surface area contributed by atoms with E-state index in [0.717, 1.165) is 17.7 Å². The topological polar surface area (TPSA) is 33.5 Å². The summed E-state index contributed by atoms with van der Waals surface area (Å²) < 4.78 is 13.8. The van der Waals surface area contributed by atoms with Crippen LogP contribution in [0.3, 0.4) is 0 Å². The quantitative estimate of drug-likeness (QED) is 0.742. The number of hydrogen-bond acceptors (Lipinski definition) is 1. The van der Waals surface area contributed by atoms with Crippen LogP contribution in [0.1, 0.15) is 24.5 Å². The zero-order chi connectivity index (χ0) is 18.2. The van der Waals surface area contributed by atoms with Gasteiger partial charge >= 0.3 is 0 Å². The number of carbonyl (C=O) groups excluding carboxylic acids is 1. The molecule has 0 saturated heterocycles. The Morgan fingerprint density at radius 3 is 2.60 bits per heavy atom. The number of rotatable bonds is 8. The molecule has 2 aromatic carbocycles. The van der Waals surface area contributed by atoms with Crippen molar-refractivity contribution in [3.63, 3.8) is 0 Å². The number of aryl methyl sites for hydroxylation is 1. The van der Waals surface area contributed by atoms with Crippen molar-refractivity contribution in [1.82, 2.24) is 5.32 Å². The van der Waals surface area contributed by atoms with Crippen molar-refractivity contribution in [2.75, 3.05) is 13.6 Å². The molecular weight excluding hydrogens is 339 g/mol. The summed E-state index contributed by atoms with van der Waals surface area (Å²) in [6, 6.07) is 14.9. The van der Waals surface area contributed by atoms with Gasteiger partial charge in [0.05, 0.1) is 17.6 Å². The normalized spacial score (nSPS) is 13.3. The summed E-state index contributed by atoms with van der Waals surface area (Å²) in [4.78, 5) is 13.1. The van der Waals surface area contributed by atoms with E-state index in [-0.39, 0.29) is 24.3 Å². The van der Waals surface area contributed by atoms with Crippen molar-refractivity contribution in [1.29, 1.82) is 0 Å². The number of carbonyl (C=O) groups is 1. The minimum atomic E-state index is -0.330. The molecule has 1 unspecified atom stereocenters. The average molecular weight is 364 g/mol. The highest BCUT2D eigenvalue weighted by Gasteiger charge is 2.16. The summed E-state index contributed by atoms with van der Waals surface area (Å²) in [6.45, 7) is 2.65. The molecule has 134 valence electrons. The van der Waals surface area contributed by atoms with Crippen molar-refractivity contribution in [3.8, 4) is 0 Å². The molecule has 0 spiro atoms. The number of amides is 1. The second-order valence-electron chi connectivity index (χ2n) is 6.50.